The molecule has 118 valence electrons. The fraction of sp³-hybridized carbons (Fsp3) is 0.368. The van der Waals surface area contributed by atoms with Gasteiger partial charge in [-0.1, -0.05) is 18.2 Å². The lowest BCUT2D eigenvalue weighted by Gasteiger charge is -2.31. The number of aromatic nitrogens is 2. The maximum Gasteiger partial charge on any atom is 0.0982 e. The lowest BCUT2D eigenvalue weighted by molar-refractivity contribution is 0.197. The first-order valence-corrected chi connectivity index (χ1v) is 9.09. The van der Waals surface area contributed by atoms with E-state index in [1.807, 2.05) is 23.6 Å². The third kappa shape index (κ3) is 3.14. The Kier molecular flexibility index (Phi) is 4.10. The number of fused-ring (bicyclic) bond motifs is 1. The van der Waals surface area contributed by atoms with Gasteiger partial charge in [0.15, 0.2) is 0 Å². The Morgan fingerprint density at radius 1 is 1.22 bits per heavy atom. The van der Waals surface area contributed by atoms with Crippen LogP contribution >= 0.6 is 11.3 Å². The minimum absolute atomic E-state index is 0.560. The van der Waals surface area contributed by atoms with E-state index in [0.717, 1.165) is 25.2 Å². The number of hydrogen-bond acceptors (Lipinski definition) is 4. The fourth-order valence-electron chi connectivity index (χ4n) is 3.36. The maximum absolute atomic E-state index is 4.87. The van der Waals surface area contributed by atoms with Crippen LogP contribution in [0.2, 0.25) is 0 Å². The largest absolute Gasteiger partial charge is 0.297 e. The van der Waals surface area contributed by atoms with Gasteiger partial charge in [-0.2, -0.15) is 0 Å². The van der Waals surface area contributed by atoms with Crippen molar-refractivity contribution < 1.29 is 0 Å². The van der Waals surface area contributed by atoms with Crippen LogP contribution in [0.4, 0.5) is 0 Å². The van der Waals surface area contributed by atoms with Crippen LogP contribution < -0.4 is 0 Å². The SMILES string of the molecule is Cc1cccnc1CN1CCCC(c2nc3ccccc3s2)C1. The zero-order valence-corrected chi connectivity index (χ0v) is 14.2. The van der Waals surface area contributed by atoms with Crippen molar-refractivity contribution in [3.63, 3.8) is 0 Å². The van der Waals surface area contributed by atoms with E-state index >= 15 is 0 Å². The van der Waals surface area contributed by atoms with Crippen molar-refractivity contribution >= 4 is 21.6 Å². The van der Waals surface area contributed by atoms with E-state index in [4.69, 9.17) is 4.98 Å². The van der Waals surface area contributed by atoms with Gasteiger partial charge in [-0.05, 0) is 50.1 Å². The summed E-state index contributed by atoms with van der Waals surface area (Å²) in [5, 5.41) is 1.30. The summed E-state index contributed by atoms with van der Waals surface area (Å²) in [6.45, 7) is 5.36. The molecule has 23 heavy (non-hydrogen) atoms. The van der Waals surface area contributed by atoms with Crippen LogP contribution in [0.1, 0.15) is 35.0 Å². The van der Waals surface area contributed by atoms with Gasteiger partial charge in [-0.3, -0.25) is 9.88 Å². The number of piperidine rings is 1. The highest BCUT2D eigenvalue weighted by Crippen LogP contribution is 2.33. The molecule has 4 rings (SSSR count). The molecule has 0 bridgehead atoms. The molecule has 1 aliphatic heterocycles. The van der Waals surface area contributed by atoms with E-state index in [0.29, 0.717) is 5.92 Å². The molecule has 0 N–H and O–H groups in total. The minimum atomic E-state index is 0.560. The van der Waals surface area contributed by atoms with E-state index in [-0.39, 0.29) is 0 Å². The summed E-state index contributed by atoms with van der Waals surface area (Å²) in [7, 11) is 0. The number of benzene rings is 1. The predicted octanol–water partition coefficient (Wildman–Crippen LogP) is 4.38. The molecule has 1 aromatic carbocycles. The van der Waals surface area contributed by atoms with Crippen LogP contribution in [-0.2, 0) is 6.54 Å². The van der Waals surface area contributed by atoms with E-state index < -0.39 is 0 Å². The summed E-state index contributed by atoms with van der Waals surface area (Å²) < 4.78 is 1.31. The van der Waals surface area contributed by atoms with Gasteiger partial charge in [0.2, 0.25) is 0 Å². The molecule has 1 aliphatic rings. The normalized spacial score (nSPS) is 19.3. The van der Waals surface area contributed by atoms with Crippen molar-refractivity contribution in [2.45, 2.75) is 32.2 Å². The summed E-state index contributed by atoms with van der Waals surface area (Å²) >= 11 is 1.86. The fourth-order valence-corrected chi connectivity index (χ4v) is 4.45. The second kappa shape index (κ2) is 6.38. The first kappa shape index (κ1) is 14.8. The van der Waals surface area contributed by atoms with Crippen molar-refractivity contribution in [1.82, 2.24) is 14.9 Å². The molecule has 2 aromatic heterocycles. The van der Waals surface area contributed by atoms with Crippen LogP contribution in [0.25, 0.3) is 10.2 Å². The predicted molar refractivity (Wildman–Crippen MR) is 95.8 cm³/mol. The number of nitrogens with zero attached hydrogens (tertiary/aromatic N) is 3. The molecule has 0 amide bonds. The molecule has 3 nitrogen and oxygen atoms in total. The highest BCUT2D eigenvalue weighted by Gasteiger charge is 2.24. The summed E-state index contributed by atoms with van der Waals surface area (Å²) in [4.78, 5) is 12.0. The average molecular weight is 323 g/mol. The third-order valence-electron chi connectivity index (χ3n) is 4.66. The van der Waals surface area contributed by atoms with Gasteiger partial charge in [0.25, 0.3) is 0 Å². The summed E-state index contributed by atoms with van der Waals surface area (Å²) in [6.07, 6.45) is 4.39. The van der Waals surface area contributed by atoms with Gasteiger partial charge in [0.05, 0.1) is 20.9 Å². The van der Waals surface area contributed by atoms with Gasteiger partial charge in [0.1, 0.15) is 0 Å². The van der Waals surface area contributed by atoms with Crippen molar-refractivity contribution in [2.75, 3.05) is 13.1 Å². The molecular weight excluding hydrogens is 302 g/mol. The molecule has 0 aliphatic carbocycles. The summed E-state index contributed by atoms with van der Waals surface area (Å²) in [5.41, 5.74) is 3.64. The topological polar surface area (TPSA) is 29.0 Å². The molecule has 1 saturated heterocycles. The van der Waals surface area contributed by atoms with Crippen LogP contribution in [-0.4, -0.2) is 28.0 Å². The molecule has 3 aromatic rings. The van der Waals surface area contributed by atoms with Gasteiger partial charge in [-0.25, -0.2) is 4.98 Å². The monoisotopic (exact) mass is 323 g/mol. The summed E-state index contributed by atoms with van der Waals surface area (Å²) in [6, 6.07) is 12.6. The van der Waals surface area contributed by atoms with E-state index in [1.165, 1.54) is 33.8 Å². The molecule has 0 spiro atoms. The van der Waals surface area contributed by atoms with Crippen LogP contribution in [0.15, 0.2) is 42.6 Å². The first-order valence-electron chi connectivity index (χ1n) is 8.28. The molecule has 3 heterocycles. The van der Waals surface area contributed by atoms with Gasteiger partial charge >= 0.3 is 0 Å². The Bertz CT molecular complexity index is 778. The lowest BCUT2D eigenvalue weighted by atomic mass is 9.98. The number of thiazole rings is 1. The number of likely N-dealkylation sites (tertiary alicyclic amines) is 1. The number of hydrogen-bond donors (Lipinski definition) is 0. The molecule has 0 saturated carbocycles. The molecule has 0 radical (unpaired) electrons. The second-order valence-electron chi connectivity index (χ2n) is 6.36. The number of aryl methyl sites for hydroxylation is 1. The van der Waals surface area contributed by atoms with E-state index in [9.17, 15) is 0 Å². The van der Waals surface area contributed by atoms with Crippen molar-refractivity contribution in [2.24, 2.45) is 0 Å². The molecule has 4 heteroatoms. The number of pyridine rings is 1. The Morgan fingerprint density at radius 3 is 3.00 bits per heavy atom. The third-order valence-corrected chi connectivity index (χ3v) is 5.86. The Hall–Kier alpha value is -1.78. The molecular formula is C19H21N3S. The zero-order valence-electron chi connectivity index (χ0n) is 13.4. The zero-order chi connectivity index (χ0) is 15.6. The van der Waals surface area contributed by atoms with Crippen molar-refractivity contribution in [1.29, 1.82) is 0 Å². The second-order valence-corrected chi connectivity index (χ2v) is 7.42. The van der Waals surface area contributed by atoms with Crippen molar-refractivity contribution in [3.8, 4) is 0 Å². The maximum atomic E-state index is 4.87. The van der Waals surface area contributed by atoms with Gasteiger partial charge < -0.3 is 0 Å². The Balaban J connectivity index is 1.51. The first-order chi connectivity index (χ1) is 11.3. The lowest BCUT2D eigenvalue weighted by Crippen LogP contribution is -2.34. The summed E-state index contributed by atoms with van der Waals surface area (Å²) in [5.74, 6) is 0.560. The van der Waals surface area contributed by atoms with Crippen LogP contribution in [0, 0.1) is 6.92 Å². The number of rotatable bonds is 3. The standard InChI is InChI=1S/C19H21N3S/c1-14-6-4-10-20-17(14)13-22-11-5-7-15(12-22)19-21-16-8-2-3-9-18(16)23-19/h2-4,6,8-10,15H,5,7,11-13H2,1H3. The Morgan fingerprint density at radius 2 is 2.13 bits per heavy atom. The Labute approximate surface area is 141 Å². The van der Waals surface area contributed by atoms with Crippen LogP contribution in [0.5, 0.6) is 0 Å². The van der Waals surface area contributed by atoms with E-state index in [1.54, 1.807) is 0 Å². The molecule has 1 unspecified atom stereocenters. The van der Waals surface area contributed by atoms with Gasteiger partial charge in [-0.15, -0.1) is 11.3 Å². The van der Waals surface area contributed by atoms with Gasteiger partial charge in [0, 0.05) is 25.2 Å². The molecule has 1 atom stereocenters. The quantitative estimate of drug-likeness (QED) is 0.716. The average Bonchev–Trinajstić information content (AvgIpc) is 3.01. The highest BCUT2D eigenvalue weighted by molar-refractivity contribution is 7.18. The number of para-hydroxylation sites is 1. The highest BCUT2D eigenvalue weighted by atomic mass is 32.1. The van der Waals surface area contributed by atoms with Crippen LogP contribution in [0.3, 0.4) is 0 Å². The molecule has 1 fully saturated rings. The van der Waals surface area contributed by atoms with E-state index in [2.05, 4.69) is 47.1 Å². The minimum Gasteiger partial charge on any atom is -0.297 e. The smallest absolute Gasteiger partial charge is 0.0982 e. The van der Waals surface area contributed by atoms with Crippen molar-refractivity contribution in [3.05, 3.63) is 58.9 Å².